The molecule has 1 N–H and O–H groups in total. The van der Waals surface area contributed by atoms with Crippen molar-refractivity contribution in [1.29, 1.82) is 0 Å². The largest absolute Gasteiger partial charge is 0.497 e. The van der Waals surface area contributed by atoms with Gasteiger partial charge in [-0.05, 0) is 74.2 Å². The summed E-state index contributed by atoms with van der Waals surface area (Å²) in [5.74, 6) is 0.448. The molecule has 1 aromatic carbocycles. The number of ether oxygens (including phenoxy) is 1. The van der Waals surface area contributed by atoms with E-state index >= 15 is 0 Å². The highest BCUT2D eigenvalue weighted by Gasteiger charge is 2.47. The lowest BCUT2D eigenvalue weighted by Crippen LogP contribution is -2.64. The maximum absolute atomic E-state index is 13.8. The number of rotatable bonds is 8. The maximum Gasteiger partial charge on any atom is 0.273 e. The number of amides is 2. The minimum Gasteiger partial charge on any atom is -0.497 e. The molecule has 2 aromatic heterocycles. The molecule has 0 spiro atoms. The average molecular weight is 505 g/mol. The van der Waals surface area contributed by atoms with Gasteiger partial charge in [0.2, 0.25) is 5.91 Å². The molecule has 7 nitrogen and oxygen atoms in total. The van der Waals surface area contributed by atoms with Gasteiger partial charge >= 0.3 is 0 Å². The monoisotopic (exact) mass is 504 g/mol. The molecule has 2 aliphatic rings. The predicted octanol–water partition coefficient (Wildman–Crippen LogP) is 5.04. The van der Waals surface area contributed by atoms with Crippen molar-refractivity contribution in [3.63, 3.8) is 0 Å². The maximum atomic E-state index is 13.8. The first-order valence-electron chi connectivity index (χ1n) is 12.5. The van der Waals surface area contributed by atoms with Crippen LogP contribution in [0.25, 0.3) is 10.6 Å². The summed E-state index contributed by atoms with van der Waals surface area (Å²) in [6, 6.07) is 13.4. The van der Waals surface area contributed by atoms with E-state index < -0.39 is 5.54 Å². The van der Waals surface area contributed by atoms with Crippen LogP contribution in [0.2, 0.25) is 0 Å². The first kappa shape index (κ1) is 24.3. The molecule has 1 atom stereocenters. The van der Waals surface area contributed by atoms with Crippen LogP contribution < -0.4 is 10.1 Å². The summed E-state index contributed by atoms with van der Waals surface area (Å²) < 4.78 is 6.93. The van der Waals surface area contributed by atoms with E-state index in [1.807, 2.05) is 54.8 Å². The van der Waals surface area contributed by atoms with E-state index in [0.29, 0.717) is 25.3 Å². The Balaban J connectivity index is 1.40. The third-order valence-corrected chi connectivity index (χ3v) is 8.11. The molecule has 1 aliphatic carbocycles. The number of nitrogens with zero attached hydrogens (tertiary/aromatic N) is 3. The molecule has 3 aromatic rings. The second-order valence-electron chi connectivity index (χ2n) is 9.67. The number of carbonyl (C=O) groups is 2. The van der Waals surface area contributed by atoms with Crippen molar-refractivity contribution in [2.24, 2.45) is 0 Å². The zero-order valence-corrected chi connectivity index (χ0v) is 21.6. The molecule has 188 valence electrons. The number of carbonyl (C=O) groups excluding carboxylic acids is 2. The normalized spacial score (nSPS) is 19.6. The van der Waals surface area contributed by atoms with Gasteiger partial charge in [0.05, 0.1) is 18.5 Å². The van der Waals surface area contributed by atoms with E-state index in [9.17, 15) is 9.59 Å². The van der Waals surface area contributed by atoms with Crippen molar-refractivity contribution in [3.8, 4) is 16.3 Å². The Kier molecular flexibility index (Phi) is 6.96. The average Bonchev–Trinajstić information content (AvgIpc) is 3.58. The van der Waals surface area contributed by atoms with Crippen molar-refractivity contribution in [3.05, 3.63) is 70.8 Å². The van der Waals surface area contributed by atoms with Crippen LogP contribution in [-0.4, -0.2) is 45.7 Å². The third kappa shape index (κ3) is 4.82. The van der Waals surface area contributed by atoms with E-state index in [0.717, 1.165) is 41.1 Å². The number of hydrogen-bond donors (Lipinski definition) is 1. The summed E-state index contributed by atoms with van der Waals surface area (Å²) in [5.41, 5.74) is 2.61. The molecule has 1 aliphatic heterocycles. The summed E-state index contributed by atoms with van der Waals surface area (Å²) in [7, 11) is 1.63. The zero-order valence-electron chi connectivity index (χ0n) is 20.8. The Morgan fingerprint density at radius 1 is 1.22 bits per heavy atom. The van der Waals surface area contributed by atoms with Gasteiger partial charge in [0, 0.05) is 13.1 Å². The number of nitrogens with one attached hydrogen (secondary N) is 1. The molecular weight excluding hydrogens is 472 g/mol. The fourth-order valence-corrected chi connectivity index (χ4v) is 5.72. The van der Waals surface area contributed by atoms with Crippen molar-refractivity contribution in [2.45, 2.75) is 57.7 Å². The molecule has 0 saturated carbocycles. The van der Waals surface area contributed by atoms with E-state index in [-0.39, 0.29) is 11.8 Å². The minimum absolute atomic E-state index is 0.143. The van der Waals surface area contributed by atoms with Gasteiger partial charge in [-0.3, -0.25) is 14.3 Å². The molecule has 0 fully saturated rings. The third-order valence-electron chi connectivity index (χ3n) is 7.21. The van der Waals surface area contributed by atoms with Crippen LogP contribution in [0.5, 0.6) is 5.75 Å². The van der Waals surface area contributed by atoms with Crippen LogP contribution >= 0.6 is 11.3 Å². The van der Waals surface area contributed by atoms with Gasteiger partial charge in [-0.25, -0.2) is 0 Å². The molecule has 5 rings (SSSR count). The fraction of sp³-hybridized carbons (Fsp3) is 0.393. The number of thiophene rings is 1. The van der Waals surface area contributed by atoms with E-state index in [2.05, 4.69) is 11.4 Å². The van der Waals surface area contributed by atoms with Crippen LogP contribution in [0, 0.1) is 0 Å². The Morgan fingerprint density at radius 3 is 2.75 bits per heavy atom. The Hall–Kier alpha value is -3.39. The van der Waals surface area contributed by atoms with E-state index in [4.69, 9.17) is 9.84 Å². The SMILES string of the molecule is COc1ccc(CNC(=O)C2(C)Cn3nc(-c4cccs4)cc3C(=O)N2CCC2=CCCCC2)cc1. The van der Waals surface area contributed by atoms with Crippen molar-refractivity contribution >= 4 is 23.2 Å². The van der Waals surface area contributed by atoms with E-state index in [1.165, 1.54) is 18.4 Å². The molecule has 8 heteroatoms. The number of aromatic nitrogens is 2. The first-order chi connectivity index (χ1) is 17.5. The van der Waals surface area contributed by atoms with Gasteiger partial charge in [0.25, 0.3) is 5.91 Å². The number of allylic oxidation sites excluding steroid dienone is 1. The molecule has 3 heterocycles. The second kappa shape index (κ2) is 10.3. The zero-order chi connectivity index (χ0) is 25.1. The van der Waals surface area contributed by atoms with Gasteiger partial charge in [0.1, 0.15) is 22.7 Å². The summed E-state index contributed by atoms with van der Waals surface area (Å²) in [6.45, 7) is 3.06. The summed E-state index contributed by atoms with van der Waals surface area (Å²) in [5, 5.41) is 9.79. The lowest BCUT2D eigenvalue weighted by molar-refractivity contribution is -0.133. The number of hydrogen-bond acceptors (Lipinski definition) is 5. The highest BCUT2D eigenvalue weighted by atomic mass is 32.1. The fourth-order valence-electron chi connectivity index (χ4n) is 5.04. The summed E-state index contributed by atoms with van der Waals surface area (Å²) >= 11 is 1.59. The number of methoxy groups -OCH3 is 1. The van der Waals surface area contributed by atoms with Crippen LogP contribution in [0.3, 0.4) is 0 Å². The molecule has 0 radical (unpaired) electrons. The van der Waals surface area contributed by atoms with Crippen LogP contribution in [-0.2, 0) is 17.9 Å². The molecule has 0 saturated heterocycles. The highest BCUT2D eigenvalue weighted by Crippen LogP contribution is 2.32. The Labute approximate surface area is 215 Å². The molecule has 0 bridgehead atoms. The van der Waals surface area contributed by atoms with Gasteiger partial charge in [-0.1, -0.05) is 29.8 Å². The Morgan fingerprint density at radius 2 is 2.06 bits per heavy atom. The van der Waals surface area contributed by atoms with E-state index in [1.54, 1.807) is 28.0 Å². The number of fused-ring (bicyclic) bond motifs is 1. The van der Waals surface area contributed by atoms with Gasteiger partial charge in [-0.15, -0.1) is 11.3 Å². The minimum atomic E-state index is -1.05. The summed E-state index contributed by atoms with van der Waals surface area (Å²) in [4.78, 5) is 30.3. The summed E-state index contributed by atoms with van der Waals surface area (Å²) in [6.07, 6.45) is 7.68. The van der Waals surface area contributed by atoms with Crippen molar-refractivity contribution < 1.29 is 14.3 Å². The topological polar surface area (TPSA) is 76.5 Å². The van der Waals surface area contributed by atoms with Crippen LogP contribution in [0.15, 0.2) is 59.5 Å². The molecule has 36 heavy (non-hydrogen) atoms. The standard InChI is InChI=1S/C28H32N4O3S/c1-28(27(34)29-18-21-10-12-22(35-2)13-11-21)19-32-24(17-23(30-32)25-9-6-16-36-25)26(33)31(28)15-14-20-7-4-3-5-8-20/h6-7,9-13,16-17H,3-5,8,14-15,18-19H2,1-2H3,(H,29,34). The second-order valence-corrected chi connectivity index (χ2v) is 10.6. The molecular formula is C28H32N4O3S. The predicted molar refractivity (Wildman–Crippen MR) is 141 cm³/mol. The number of benzene rings is 1. The quantitative estimate of drug-likeness (QED) is 0.436. The van der Waals surface area contributed by atoms with Crippen LogP contribution in [0.1, 0.15) is 55.1 Å². The van der Waals surface area contributed by atoms with Crippen molar-refractivity contribution in [1.82, 2.24) is 20.0 Å². The molecule has 1 unspecified atom stereocenters. The van der Waals surface area contributed by atoms with Gasteiger partial charge < -0.3 is 15.0 Å². The Bertz CT molecular complexity index is 1260. The lowest BCUT2D eigenvalue weighted by atomic mass is 9.92. The smallest absolute Gasteiger partial charge is 0.273 e. The highest BCUT2D eigenvalue weighted by molar-refractivity contribution is 7.13. The van der Waals surface area contributed by atoms with Gasteiger partial charge in [0.15, 0.2) is 0 Å². The van der Waals surface area contributed by atoms with Crippen molar-refractivity contribution in [2.75, 3.05) is 13.7 Å². The first-order valence-corrected chi connectivity index (χ1v) is 13.4. The molecule has 2 amide bonds. The van der Waals surface area contributed by atoms with Gasteiger partial charge in [-0.2, -0.15) is 5.10 Å². The van der Waals surface area contributed by atoms with Crippen LogP contribution in [0.4, 0.5) is 0 Å². The lowest BCUT2D eigenvalue weighted by Gasteiger charge is -2.43.